The normalized spacial score (nSPS) is 14.6. The lowest BCUT2D eigenvalue weighted by molar-refractivity contribution is -0.161. The number of hydrogen-bond donors (Lipinski definition) is 3. The van der Waals surface area contributed by atoms with Crippen molar-refractivity contribution in [1.82, 2.24) is 0 Å². The predicted octanol–water partition coefficient (Wildman–Crippen LogP) is 20.8. The topological polar surface area (TPSA) is 237 Å². The van der Waals surface area contributed by atoms with Gasteiger partial charge in [0.2, 0.25) is 0 Å². The highest BCUT2D eigenvalue weighted by molar-refractivity contribution is 7.47. The van der Waals surface area contributed by atoms with Crippen LogP contribution in [0.3, 0.4) is 0 Å². The highest BCUT2D eigenvalue weighted by Gasteiger charge is 2.30. The van der Waals surface area contributed by atoms with Gasteiger partial charge in [0.05, 0.1) is 26.4 Å². The van der Waals surface area contributed by atoms with E-state index in [0.717, 1.165) is 148 Å². The first-order valence-electron chi connectivity index (χ1n) is 36.9. The Morgan fingerprint density at radius 2 is 0.558 bits per heavy atom. The second kappa shape index (κ2) is 68.5. The predicted molar refractivity (Wildman–Crippen MR) is 385 cm³/mol. The molecule has 95 heavy (non-hydrogen) atoms. The Morgan fingerprint density at radius 3 is 0.832 bits per heavy atom. The second-order valence-electron chi connectivity index (χ2n) is 24.5. The van der Waals surface area contributed by atoms with E-state index in [1.807, 2.05) is 13.0 Å². The number of rotatable bonds is 69. The summed E-state index contributed by atoms with van der Waals surface area (Å²) in [5, 5.41) is 10.6. The van der Waals surface area contributed by atoms with Crippen LogP contribution >= 0.6 is 15.6 Å². The van der Waals surface area contributed by atoms with Gasteiger partial charge in [-0.3, -0.25) is 37.3 Å². The summed E-state index contributed by atoms with van der Waals surface area (Å²) in [6, 6.07) is 0. The van der Waals surface area contributed by atoms with E-state index >= 15 is 0 Å². The molecule has 0 rings (SSSR count). The lowest BCUT2D eigenvalue weighted by atomic mass is 10.1. The molecule has 548 valence electrons. The Morgan fingerprint density at radius 1 is 0.316 bits per heavy atom. The molecule has 0 aromatic rings. The molecule has 0 spiro atoms. The average Bonchev–Trinajstić information content (AvgIpc) is 1.58. The minimum Gasteiger partial charge on any atom is -0.462 e. The van der Waals surface area contributed by atoms with Gasteiger partial charge >= 0.3 is 39.5 Å². The maximum Gasteiger partial charge on any atom is 0.472 e. The van der Waals surface area contributed by atoms with Crippen molar-refractivity contribution < 1.29 is 80.2 Å². The van der Waals surface area contributed by atoms with Gasteiger partial charge in [-0.1, -0.05) is 227 Å². The summed E-state index contributed by atoms with van der Waals surface area (Å²) < 4.78 is 68.3. The number of phosphoric ester groups is 2. The number of aliphatic hydroxyl groups is 1. The Kier molecular flexibility index (Phi) is 65.6. The number of esters is 4. The fourth-order valence-corrected chi connectivity index (χ4v) is 11.2. The third-order valence-corrected chi connectivity index (χ3v) is 17.2. The van der Waals surface area contributed by atoms with Gasteiger partial charge in [0, 0.05) is 25.7 Å². The summed E-state index contributed by atoms with van der Waals surface area (Å²) in [4.78, 5) is 72.7. The number of ether oxygens (including phenoxy) is 4. The van der Waals surface area contributed by atoms with E-state index in [1.54, 1.807) is 0 Å². The summed E-state index contributed by atoms with van der Waals surface area (Å²) in [6.45, 7) is 4.51. The molecule has 0 saturated heterocycles. The van der Waals surface area contributed by atoms with Gasteiger partial charge in [-0.15, -0.1) is 0 Å². The highest BCUT2D eigenvalue weighted by Crippen LogP contribution is 2.45. The molecular weight excluding hydrogens is 1250 g/mol. The summed E-state index contributed by atoms with van der Waals surface area (Å²) in [6.07, 6.45) is 70.0. The Labute approximate surface area is 576 Å². The molecule has 0 aliphatic carbocycles. The largest absolute Gasteiger partial charge is 0.472 e. The van der Waals surface area contributed by atoms with Crippen LogP contribution in [-0.4, -0.2) is 96.7 Å². The van der Waals surface area contributed by atoms with E-state index in [4.69, 9.17) is 37.0 Å². The molecule has 0 aromatic carbocycles. The zero-order valence-electron chi connectivity index (χ0n) is 59.6. The molecule has 0 saturated carbocycles. The number of aliphatic hydroxyl groups excluding tert-OH is 1. The fraction of sp³-hybridized carbons (Fsp3) is 0.737. The van der Waals surface area contributed by atoms with Crippen molar-refractivity contribution in [2.45, 2.75) is 322 Å². The van der Waals surface area contributed by atoms with Crippen molar-refractivity contribution in [3.05, 3.63) is 97.2 Å². The summed E-state index contributed by atoms with van der Waals surface area (Å²) in [5.74, 6) is -2.25. The van der Waals surface area contributed by atoms with Gasteiger partial charge in [-0.05, 0) is 148 Å². The molecule has 0 aliphatic rings. The number of hydrogen-bond acceptors (Lipinski definition) is 15. The molecule has 0 bridgehead atoms. The zero-order chi connectivity index (χ0) is 69.7. The Bertz CT molecular complexity index is 2190. The molecule has 0 fully saturated rings. The first kappa shape index (κ1) is 91.0. The molecule has 0 radical (unpaired) electrons. The van der Waals surface area contributed by atoms with Crippen LogP contribution in [0.25, 0.3) is 0 Å². The molecule has 5 unspecified atom stereocenters. The first-order valence-corrected chi connectivity index (χ1v) is 39.9. The van der Waals surface area contributed by atoms with Crippen LogP contribution < -0.4 is 0 Å². The molecule has 0 amide bonds. The van der Waals surface area contributed by atoms with Crippen molar-refractivity contribution in [1.29, 1.82) is 0 Å². The van der Waals surface area contributed by atoms with E-state index in [-0.39, 0.29) is 25.7 Å². The van der Waals surface area contributed by atoms with E-state index in [2.05, 4.69) is 112 Å². The number of carbonyl (C=O) groups excluding carboxylic acids is 4. The summed E-state index contributed by atoms with van der Waals surface area (Å²) >= 11 is 0. The molecule has 3 N–H and O–H groups in total. The maximum atomic E-state index is 13.1. The molecular formula is C76H132O17P2. The molecule has 0 aliphatic heterocycles. The Hall–Kier alpha value is -4.02. The maximum absolute atomic E-state index is 13.1. The monoisotopic (exact) mass is 1380 g/mol. The van der Waals surface area contributed by atoms with Crippen LogP contribution in [0, 0.1) is 0 Å². The average molecular weight is 1380 g/mol. The van der Waals surface area contributed by atoms with E-state index in [9.17, 15) is 43.2 Å². The molecule has 0 aromatic heterocycles. The van der Waals surface area contributed by atoms with Crippen LogP contribution in [-0.2, 0) is 65.4 Å². The van der Waals surface area contributed by atoms with Gasteiger partial charge in [-0.25, -0.2) is 9.13 Å². The van der Waals surface area contributed by atoms with E-state index in [0.29, 0.717) is 25.7 Å². The SMILES string of the molecule is C/C=C\C/C=C\CCCCCCC(=O)OCC(COP(=O)(O)OCC(O)COP(=O)(O)OCC(COC(=O)CCCCCC/C=C\C/C=C\CCCCCC)OC(=O)CCCCCC/C=C\C/C=C/CCCCCC)OC(=O)CCCCCC/C=C\C/C=C\CCCCCC. The van der Waals surface area contributed by atoms with Gasteiger partial charge in [0.25, 0.3) is 0 Å². The van der Waals surface area contributed by atoms with E-state index < -0.39 is 97.5 Å². The van der Waals surface area contributed by atoms with Crippen molar-refractivity contribution in [2.24, 2.45) is 0 Å². The fourth-order valence-electron chi connectivity index (χ4n) is 9.63. The van der Waals surface area contributed by atoms with Crippen LogP contribution in [0.15, 0.2) is 97.2 Å². The van der Waals surface area contributed by atoms with Crippen LogP contribution in [0.5, 0.6) is 0 Å². The number of allylic oxidation sites excluding steroid dienone is 16. The first-order chi connectivity index (χ1) is 46.2. The zero-order valence-corrected chi connectivity index (χ0v) is 61.4. The van der Waals surface area contributed by atoms with Crippen molar-refractivity contribution in [2.75, 3.05) is 39.6 Å². The molecule has 0 heterocycles. The van der Waals surface area contributed by atoms with E-state index in [1.165, 1.54) is 77.0 Å². The minimum atomic E-state index is -4.98. The quantitative estimate of drug-likeness (QED) is 0.0169. The van der Waals surface area contributed by atoms with Crippen LogP contribution in [0.4, 0.5) is 0 Å². The summed E-state index contributed by atoms with van der Waals surface area (Å²) in [5.41, 5.74) is 0. The van der Waals surface area contributed by atoms with Crippen LogP contribution in [0.1, 0.15) is 304 Å². The Balaban J connectivity index is 5.38. The van der Waals surface area contributed by atoms with Crippen molar-refractivity contribution in [3.8, 4) is 0 Å². The highest BCUT2D eigenvalue weighted by atomic mass is 31.2. The second-order valence-corrected chi connectivity index (χ2v) is 27.4. The number of phosphoric acid groups is 2. The van der Waals surface area contributed by atoms with Crippen molar-refractivity contribution >= 4 is 39.5 Å². The third-order valence-electron chi connectivity index (χ3n) is 15.3. The molecule has 5 atom stereocenters. The van der Waals surface area contributed by atoms with Crippen LogP contribution in [0.2, 0.25) is 0 Å². The van der Waals surface area contributed by atoms with Crippen molar-refractivity contribution in [3.63, 3.8) is 0 Å². The van der Waals surface area contributed by atoms with Gasteiger partial charge < -0.3 is 33.8 Å². The van der Waals surface area contributed by atoms with Gasteiger partial charge in [0.1, 0.15) is 19.3 Å². The summed E-state index contributed by atoms with van der Waals surface area (Å²) in [7, 11) is -9.96. The minimum absolute atomic E-state index is 0.0683. The standard InChI is InChI=1S/C76H132O17P2/c1-5-9-13-17-21-25-29-32-35-38-41-45-49-53-57-61-74(79)87-67-72(93-76(81)63-59-55-51-47-43-40-37-34-31-27-23-19-15-11-7-3)69-91-95(84,85)89-65-70(77)64-88-94(82,83)90-68-71(66-86-73(78)60-56-52-48-44-28-24-20-16-12-8-4)92-75(80)62-58-54-50-46-42-39-36-33-30-26-22-18-14-10-6-2/h8,12,20,24-27,29-31,35-40,70-72,77H,5-7,9-11,13-19,21-23,28,32-34,41-69H2,1-4H3,(H,82,83)(H,84,85)/b12-8-,24-20-,29-25-,30-26-,31-27+,38-35-,39-36-,40-37-. The number of unbranched alkanes of at least 4 members (excludes halogenated alkanes) is 28. The smallest absolute Gasteiger partial charge is 0.462 e. The third kappa shape index (κ3) is 68.3. The molecule has 19 heteroatoms. The van der Waals surface area contributed by atoms with Gasteiger partial charge in [-0.2, -0.15) is 0 Å². The van der Waals surface area contributed by atoms with Gasteiger partial charge in [0.15, 0.2) is 12.2 Å². The lowest BCUT2D eigenvalue weighted by Gasteiger charge is -2.21. The lowest BCUT2D eigenvalue weighted by Crippen LogP contribution is -2.30. The molecule has 17 nitrogen and oxygen atoms in total. The number of carbonyl (C=O) groups is 4.